The molecule has 0 aliphatic carbocycles. The Morgan fingerprint density at radius 3 is 3.19 bits per heavy atom. The number of methoxy groups -OCH3 is 1. The van der Waals surface area contributed by atoms with Crippen molar-refractivity contribution in [1.82, 2.24) is 4.98 Å². The predicted octanol–water partition coefficient (Wildman–Crippen LogP) is 1.95. The van der Waals surface area contributed by atoms with E-state index in [1.54, 1.807) is 19.5 Å². The molecule has 2 rings (SSSR count). The van der Waals surface area contributed by atoms with Crippen LogP contribution in [0.3, 0.4) is 0 Å². The average molecular weight is 243 g/mol. The first-order chi connectivity index (χ1) is 7.76. The quantitative estimate of drug-likeness (QED) is 0.877. The number of anilines is 1. The van der Waals surface area contributed by atoms with Gasteiger partial charge in [-0.2, -0.15) is 0 Å². The fourth-order valence-corrected chi connectivity index (χ4v) is 1.92. The SMILES string of the molecule is COC1(CNc2ccncc2Cl)CCOC1. The van der Waals surface area contributed by atoms with Crippen molar-refractivity contribution in [2.24, 2.45) is 0 Å². The topological polar surface area (TPSA) is 43.4 Å². The van der Waals surface area contributed by atoms with E-state index in [1.165, 1.54) is 0 Å². The summed E-state index contributed by atoms with van der Waals surface area (Å²) in [5.41, 5.74) is 0.645. The van der Waals surface area contributed by atoms with E-state index in [-0.39, 0.29) is 5.60 Å². The van der Waals surface area contributed by atoms with Crippen LogP contribution in [0.5, 0.6) is 0 Å². The Bertz CT molecular complexity index is 354. The molecule has 0 radical (unpaired) electrons. The highest BCUT2D eigenvalue weighted by Crippen LogP contribution is 2.25. The summed E-state index contributed by atoms with van der Waals surface area (Å²) in [5, 5.41) is 3.89. The van der Waals surface area contributed by atoms with Gasteiger partial charge in [0.15, 0.2) is 0 Å². The van der Waals surface area contributed by atoms with E-state index in [1.807, 2.05) is 6.07 Å². The van der Waals surface area contributed by atoms with E-state index in [4.69, 9.17) is 21.1 Å². The number of hydrogen-bond donors (Lipinski definition) is 1. The molecule has 4 nitrogen and oxygen atoms in total. The van der Waals surface area contributed by atoms with Crippen molar-refractivity contribution in [3.05, 3.63) is 23.5 Å². The molecule has 1 atom stereocenters. The molecule has 1 aliphatic rings. The largest absolute Gasteiger partial charge is 0.381 e. The first-order valence-electron chi connectivity index (χ1n) is 5.22. The number of ether oxygens (including phenoxy) is 2. The molecular formula is C11H15ClN2O2. The summed E-state index contributed by atoms with van der Waals surface area (Å²) in [6.45, 7) is 2.06. The smallest absolute Gasteiger partial charge is 0.110 e. The minimum atomic E-state index is -0.230. The molecule has 1 N–H and O–H groups in total. The van der Waals surface area contributed by atoms with Crippen molar-refractivity contribution in [2.45, 2.75) is 12.0 Å². The molecule has 88 valence electrons. The van der Waals surface area contributed by atoms with Crippen molar-refractivity contribution >= 4 is 17.3 Å². The van der Waals surface area contributed by atoms with Crippen LogP contribution in [0.4, 0.5) is 5.69 Å². The summed E-state index contributed by atoms with van der Waals surface area (Å²) in [6.07, 6.45) is 4.23. The predicted molar refractivity (Wildman–Crippen MR) is 62.9 cm³/mol. The number of nitrogens with one attached hydrogen (secondary N) is 1. The van der Waals surface area contributed by atoms with E-state index < -0.39 is 0 Å². The summed E-state index contributed by atoms with van der Waals surface area (Å²) in [6, 6.07) is 1.85. The Hall–Kier alpha value is -0.840. The van der Waals surface area contributed by atoms with Crippen LogP contribution in [0.2, 0.25) is 5.02 Å². The molecule has 0 bridgehead atoms. The second-order valence-corrected chi connectivity index (χ2v) is 4.31. The van der Waals surface area contributed by atoms with Gasteiger partial charge < -0.3 is 14.8 Å². The molecule has 1 aliphatic heterocycles. The molecular weight excluding hydrogens is 228 g/mol. The van der Waals surface area contributed by atoms with Gasteiger partial charge in [-0.25, -0.2) is 0 Å². The van der Waals surface area contributed by atoms with Crippen molar-refractivity contribution in [3.8, 4) is 0 Å². The maximum Gasteiger partial charge on any atom is 0.110 e. The van der Waals surface area contributed by atoms with E-state index in [2.05, 4.69) is 10.3 Å². The molecule has 1 aromatic rings. The lowest BCUT2D eigenvalue weighted by molar-refractivity contribution is -0.00619. The fourth-order valence-electron chi connectivity index (χ4n) is 1.74. The minimum absolute atomic E-state index is 0.230. The number of rotatable bonds is 4. The van der Waals surface area contributed by atoms with E-state index in [0.29, 0.717) is 18.2 Å². The summed E-state index contributed by atoms with van der Waals surface area (Å²) >= 11 is 6.00. The molecule has 0 amide bonds. The van der Waals surface area contributed by atoms with Gasteiger partial charge >= 0.3 is 0 Å². The maximum absolute atomic E-state index is 6.00. The van der Waals surface area contributed by atoms with Gasteiger partial charge in [-0.3, -0.25) is 4.98 Å². The lowest BCUT2D eigenvalue weighted by atomic mass is 10.0. The first-order valence-corrected chi connectivity index (χ1v) is 5.60. The van der Waals surface area contributed by atoms with Gasteiger partial charge in [-0.15, -0.1) is 0 Å². The highest BCUT2D eigenvalue weighted by molar-refractivity contribution is 6.33. The van der Waals surface area contributed by atoms with Crippen LogP contribution in [0.1, 0.15) is 6.42 Å². The van der Waals surface area contributed by atoms with Gasteiger partial charge in [0.2, 0.25) is 0 Å². The third kappa shape index (κ3) is 2.45. The van der Waals surface area contributed by atoms with Crippen molar-refractivity contribution < 1.29 is 9.47 Å². The van der Waals surface area contributed by atoms with Crippen LogP contribution in [0.15, 0.2) is 18.5 Å². The number of halogens is 1. The Morgan fingerprint density at radius 1 is 1.69 bits per heavy atom. The van der Waals surface area contributed by atoms with Gasteiger partial charge in [0.05, 0.1) is 17.3 Å². The third-order valence-electron chi connectivity index (χ3n) is 2.87. The molecule has 1 aromatic heterocycles. The standard InChI is InChI=1S/C11H15ClN2O2/c1-15-11(3-5-16-8-11)7-14-10-2-4-13-6-9(10)12/h2,4,6H,3,5,7-8H2,1H3,(H,13,14). The summed E-state index contributed by atoms with van der Waals surface area (Å²) in [5.74, 6) is 0. The Labute approximate surface area is 99.9 Å². The molecule has 2 heterocycles. The molecule has 1 unspecified atom stereocenters. The van der Waals surface area contributed by atoms with Crippen molar-refractivity contribution in [2.75, 3.05) is 32.2 Å². The van der Waals surface area contributed by atoms with E-state index in [0.717, 1.165) is 18.7 Å². The van der Waals surface area contributed by atoms with Gasteiger partial charge in [-0.05, 0) is 6.07 Å². The first kappa shape index (κ1) is 11.6. The van der Waals surface area contributed by atoms with E-state index >= 15 is 0 Å². The van der Waals surface area contributed by atoms with Crippen LogP contribution >= 0.6 is 11.6 Å². The molecule has 16 heavy (non-hydrogen) atoms. The van der Waals surface area contributed by atoms with Crippen LogP contribution < -0.4 is 5.32 Å². The number of pyridine rings is 1. The summed E-state index contributed by atoms with van der Waals surface area (Å²) in [7, 11) is 1.71. The second kappa shape index (κ2) is 4.99. The lowest BCUT2D eigenvalue weighted by Gasteiger charge is -2.26. The van der Waals surface area contributed by atoms with Crippen molar-refractivity contribution in [1.29, 1.82) is 0 Å². The molecule has 0 aromatic carbocycles. The fraction of sp³-hybridized carbons (Fsp3) is 0.545. The Balaban J connectivity index is 1.98. The van der Waals surface area contributed by atoms with Crippen molar-refractivity contribution in [3.63, 3.8) is 0 Å². The van der Waals surface area contributed by atoms with Gasteiger partial charge in [-0.1, -0.05) is 11.6 Å². The van der Waals surface area contributed by atoms with Gasteiger partial charge in [0, 0.05) is 39.1 Å². The highest BCUT2D eigenvalue weighted by atomic mass is 35.5. The lowest BCUT2D eigenvalue weighted by Crippen LogP contribution is -2.39. The van der Waals surface area contributed by atoms with Crippen LogP contribution in [-0.2, 0) is 9.47 Å². The maximum atomic E-state index is 6.00. The molecule has 1 saturated heterocycles. The number of nitrogens with zero attached hydrogens (tertiary/aromatic N) is 1. The molecule has 5 heteroatoms. The van der Waals surface area contributed by atoms with Gasteiger partial charge in [0.1, 0.15) is 5.60 Å². The zero-order valence-corrected chi connectivity index (χ0v) is 9.96. The average Bonchev–Trinajstić information content (AvgIpc) is 2.78. The van der Waals surface area contributed by atoms with Crippen LogP contribution in [0.25, 0.3) is 0 Å². The monoisotopic (exact) mass is 242 g/mol. The second-order valence-electron chi connectivity index (χ2n) is 3.90. The third-order valence-corrected chi connectivity index (χ3v) is 3.17. The molecule has 1 fully saturated rings. The Kier molecular flexibility index (Phi) is 3.63. The minimum Gasteiger partial charge on any atom is -0.381 e. The Morgan fingerprint density at radius 2 is 2.56 bits per heavy atom. The van der Waals surface area contributed by atoms with Crippen LogP contribution in [-0.4, -0.2) is 37.5 Å². The van der Waals surface area contributed by atoms with E-state index in [9.17, 15) is 0 Å². The van der Waals surface area contributed by atoms with Crippen LogP contribution in [0, 0.1) is 0 Å². The summed E-state index contributed by atoms with van der Waals surface area (Å²) in [4.78, 5) is 3.93. The number of hydrogen-bond acceptors (Lipinski definition) is 4. The normalized spacial score (nSPS) is 24.6. The molecule has 0 spiro atoms. The van der Waals surface area contributed by atoms with Gasteiger partial charge in [0.25, 0.3) is 0 Å². The zero-order valence-electron chi connectivity index (χ0n) is 9.20. The zero-order chi connectivity index (χ0) is 11.4. The number of aromatic nitrogens is 1. The highest BCUT2D eigenvalue weighted by Gasteiger charge is 2.34. The summed E-state index contributed by atoms with van der Waals surface area (Å²) < 4.78 is 10.9. The molecule has 0 saturated carbocycles.